The molecule has 0 aromatic heterocycles. The molecule has 1 fully saturated rings. The summed E-state index contributed by atoms with van der Waals surface area (Å²) in [6, 6.07) is 2.16. The van der Waals surface area contributed by atoms with Crippen LogP contribution in [0.5, 0.6) is 5.75 Å². The summed E-state index contributed by atoms with van der Waals surface area (Å²) in [7, 11) is 0. The van der Waals surface area contributed by atoms with Crippen molar-refractivity contribution in [3.63, 3.8) is 0 Å². The highest BCUT2D eigenvalue weighted by atomic mass is 79.9. The molecule has 0 spiro atoms. The van der Waals surface area contributed by atoms with Crippen LogP contribution in [0.4, 0.5) is 13.2 Å². The molecule has 0 aliphatic carbocycles. The Balaban J connectivity index is 2.49. The molecule has 0 amide bonds. The third-order valence-electron chi connectivity index (χ3n) is 3.90. The highest BCUT2D eigenvalue weighted by Gasteiger charge is 2.37. The minimum absolute atomic E-state index is 0.289. The third kappa shape index (κ3) is 4.49. The van der Waals surface area contributed by atoms with Crippen LogP contribution in [0.3, 0.4) is 0 Å². The molecule has 3 nitrogen and oxygen atoms in total. The SMILES string of the molecule is C=C(C)C[C@@H](c1cc(Br)cc(C(F)(F)F)c1O)N1CCNCC1. The van der Waals surface area contributed by atoms with E-state index in [4.69, 9.17) is 0 Å². The number of alkyl halides is 3. The lowest BCUT2D eigenvalue weighted by molar-refractivity contribution is -0.138. The van der Waals surface area contributed by atoms with Gasteiger partial charge in [-0.3, -0.25) is 4.90 Å². The molecular weight excluding hydrogens is 373 g/mol. The van der Waals surface area contributed by atoms with Crippen LogP contribution >= 0.6 is 15.9 Å². The van der Waals surface area contributed by atoms with E-state index in [-0.39, 0.29) is 11.6 Å². The van der Waals surface area contributed by atoms with Crippen molar-refractivity contribution in [1.82, 2.24) is 10.2 Å². The normalized spacial score (nSPS) is 18.0. The van der Waals surface area contributed by atoms with Crippen molar-refractivity contribution in [3.8, 4) is 5.75 Å². The summed E-state index contributed by atoms with van der Waals surface area (Å²) in [6.07, 6.45) is -4.10. The number of hydrogen-bond acceptors (Lipinski definition) is 3. The molecule has 1 aliphatic heterocycles. The van der Waals surface area contributed by atoms with Crippen LogP contribution in [0.2, 0.25) is 0 Å². The van der Waals surface area contributed by atoms with Gasteiger partial charge in [-0.05, 0) is 25.5 Å². The number of nitrogens with zero attached hydrogens (tertiary/aromatic N) is 1. The lowest BCUT2D eigenvalue weighted by Crippen LogP contribution is -2.45. The van der Waals surface area contributed by atoms with Gasteiger partial charge in [-0.1, -0.05) is 21.5 Å². The number of phenols is 1. The molecule has 1 saturated heterocycles. The monoisotopic (exact) mass is 392 g/mol. The van der Waals surface area contributed by atoms with Crippen LogP contribution in [0, 0.1) is 0 Å². The van der Waals surface area contributed by atoms with E-state index in [0.717, 1.165) is 24.7 Å². The second-order valence-electron chi connectivity index (χ2n) is 5.85. The van der Waals surface area contributed by atoms with Crippen molar-refractivity contribution in [1.29, 1.82) is 0 Å². The van der Waals surface area contributed by atoms with Gasteiger partial charge in [-0.2, -0.15) is 13.2 Å². The molecule has 7 heteroatoms. The van der Waals surface area contributed by atoms with Gasteiger partial charge in [0.05, 0.1) is 5.56 Å². The number of halogens is 4. The van der Waals surface area contributed by atoms with Crippen LogP contribution in [-0.2, 0) is 6.18 Å². The Bertz CT molecular complexity index is 583. The van der Waals surface area contributed by atoms with E-state index < -0.39 is 17.5 Å². The maximum Gasteiger partial charge on any atom is 0.420 e. The highest BCUT2D eigenvalue weighted by Crippen LogP contribution is 2.43. The number of nitrogens with one attached hydrogen (secondary N) is 1. The molecule has 0 unspecified atom stereocenters. The molecule has 1 atom stereocenters. The van der Waals surface area contributed by atoms with Crippen molar-refractivity contribution in [2.45, 2.75) is 25.6 Å². The zero-order valence-electron chi connectivity index (χ0n) is 12.9. The van der Waals surface area contributed by atoms with E-state index in [0.29, 0.717) is 24.0 Å². The first-order valence-electron chi connectivity index (χ1n) is 7.39. The fourth-order valence-electron chi connectivity index (χ4n) is 2.85. The molecule has 2 rings (SSSR count). The minimum atomic E-state index is -4.60. The molecule has 1 aliphatic rings. The summed E-state index contributed by atoms with van der Waals surface area (Å²) < 4.78 is 39.8. The predicted molar refractivity (Wildman–Crippen MR) is 87.4 cm³/mol. The smallest absolute Gasteiger partial charge is 0.420 e. The number of benzene rings is 1. The Morgan fingerprint density at radius 3 is 2.52 bits per heavy atom. The molecule has 0 radical (unpaired) electrons. The van der Waals surface area contributed by atoms with E-state index in [9.17, 15) is 18.3 Å². The second-order valence-corrected chi connectivity index (χ2v) is 6.77. The molecule has 128 valence electrons. The van der Waals surface area contributed by atoms with Gasteiger partial charge in [0.1, 0.15) is 5.75 Å². The predicted octanol–water partition coefficient (Wildman–Crippen LogP) is 4.09. The first-order valence-corrected chi connectivity index (χ1v) is 8.18. The maximum absolute atomic E-state index is 13.2. The lowest BCUT2D eigenvalue weighted by Gasteiger charge is -2.36. The third-order valence-corrected chi connectivity index (χ3v) is 4.36. The standard InChI is InChI=1S/C16H20BrF3N2O/c1-10(2)7-14(22-5-3-21-4-6-22)12-8-11(17)9-13(15(12)23)16(18,19)20/h8-9,14,21,23H,1,3-7H2,2H3/t14-/m0/s1. The Kier molecular flexibility index (Phi) is 5.75. The van der Waals surface area contributed by atoms with Gasteiger partial charge in [0.25, 0.3) is 0 Å². The first kappa shape index (κ1) is 18.3. The minimum Gasteiger partial charge on any atom is -0.507 e. The zero-order chi connectivity index (χ0) is 17.2. The Hall–Kier alpha value is -1.05. The van der Waals surface area contributed by atoms with Crippen LogP contribution < -0.4 is 5.32 Å². The average molecular weight is 393 g/mol. The molecule has 2 N–H and O–H groups in total. The van der Waals surface area contributed by atoms with Crippen LogP contribution in [0.1, 0.15) is 30.5 Å². The number of rotatable bonds is 4. The zero-order valence-corrected chi connectivity index (χ0v) is 14.5. The summed E-state index contributed by atoms with van der Waals surface area (Å²) >= 11 is 3.13. The topological polar surface area (TPSA) is 35.5 Å². The summed E-state index contributed by atoms with van der Waals surface area (Å²) in [6.45, 7) is 8.69. The molecular formula is C16H20BrF3N2O. The fourth-order valence-corrected chi connectivity index (χ4v) is 3.33. The van der Waals surface area contributed by atoms with E-state index in [1.54, 1.807) is 6.07 Å². The van der Waals surface area contributed by atoms with Crippen LogP contribution in [0.15, 0.2) is 28.8 Å². The summed E-state index contributed by atoms with van der Waals surface area (Å²) in [5.74, 6) is -0.689. The molecule has 1 heterocycles. The van der Waals surface area contributed by atoms with Crippen LogP contribution in [0.25, 0.3) is 0 Å². The quantitative estimate of drug-likeness (QED) is 0.757. The van der Waals surface area contributed by atoms with Crippen molar-refractivity contribution < 1.29 is 18.3 Å². The van der Waals surface area contributed by atoms with Gasteiger partial charge in [-0.25, -0.2) is 0 Å². The summed E-state index contributed by atoms with van der Waals surface area (Å²) in [5, 5.41) is 13.5. The molecule has 1 aromatic rings. The van der Waals surface area contributed by atoms with Crippen molar-refractivity contribution in [2.24, 2.45) is 0 Å². The molecule has 1 aromatic carbocycles. The van der Waals surface area contributed by atoms with Crippen molar-refractivity contribution >= 4 is 15.9 Å². The maximum atomic E-state index is 13.2. The average Bonchev–Trinajstić information content (AvgIpc) is 2.46. The number of hydrogen-bond donors (Lipinski definition) is 2. The molecule has 0 bridgehead atoms. The van der Waals surface area contributed by atoms with Gasteiger partial charge in [0.2, 0.25) is 0 Å². The number of aromatic hydroxyl groups is 1. The van der Waals surface area contributed by atoms with Crippen molar-refractivity contribution in [3.05, 3.63) is 39.9 Å². The van der Waals surface area contributed by atoms with Gasteiger partial charge >= 0.3 is 6.18 Å². The van der Waals surface area contributed by atoms with Gasteiger partial charge < -0.3 is 10.4 Å². The largest absolute Gasteiger partial charge is 0.507 e. The lowest BCUT2D eigenvalue weighted by atomic mass is 9.95. The summed E-state index contributed by atoms with van der Waals surface area (Å²) in [4.78, 5) is 2.09. The van der Waals surface area contributed by atoms with E-state index >= 15 is 0 Å². The Morgan fingerprint density at radius 2 is 2.00 bits per heavy atom. The summed E-state index contributed by atoms with van der Waals surface area (Å²) in [5.41, 5.74) is 0.141. The van der Waals surface area contributed by atoms with E-state index in [2.05, 4.69) is 32.7 Å². The molecule has 23 heavy (non-hydrogen) atoms. The van der Waals surface area contributed by atoms with E-state index in [1.807, 2.05) is 6.92 Å². The fraction of sp³-hybridized carbons (Fsp3) is 0.500. The van der Waals surface area contributed by atoms with Crippen molar-refractivity contribution in [2.75, 3.05) is 26.2 Å². The Labute approximate surface area is 142 Å². The Morgan fingerprint density at radius 1 is 1.39 bits per heavy atom. The van der Waals surface area contributed by atoms with Gasteiger partial charge in [0, 0.05) is 42.3 Å². The molecule has 0 saturated carbocycles. The van der Waals surface area contributed by atoms with Gasteiger partial charge in [0.15, 0.2) is 0 Å². The highest BCUT2D eigenvalue weighted by molar-refractivity contribution is 9.10. The number of piperazine rings is 1. The van der Waals surface area contributed by atoms with E-state index in [1.165, 1.54) is 0 Å². The first-order chi connectivity index (χ1) is 10.7. The second kappa shape index (κ2) is 7.23. The number of phenolic OH excluding ortho intramolecular Hbond substituents is 1. The van der Waals surface area contributed by atoms with Crippen LogP contribution in [-0.4, -0.2) is 36.2 Å². The van der Waals surface area contributed by atoms with Gasteiger partial charge in [-0.15, -0.1) is 6.58 Å².